The summed E-state index contributed by atoms with van der Waals surface area (Å²) in [6.07, 6.45) is 0.572. The molecule has 176 valence electrons. The molecular formula is C24H29N3O5S. The van der Waals surface area contributed by atoms with E-state index in [-0.39, 0.29) is 17.2 Å². The molecule has 0 spiro atoms. The topological polar surface area (TPSA) is 82.9 Å². The van der Waals surface area contributed by atoms with Crippen molar-refractivity contribution in [2.45, 2.75) is 38.0 Å². The third-order valence-electron chi connectivity index (χ3n) is 5.91. The fraction of sp³-hybridized carbons (Fsp3) is 0.375. The molecule has 33 heavy (non-hydrogen) atoms. The quantitative estimate of drug-likeness (QED) is 0.502. The first kappa shape index (κ1) is 23.3. The van der Waals surface area contributed by atoms with Crippen molar-refractivity contribution in [1.82, 2.24) is 14.1 Å². The molecule has 2 aromatic carbocycles. The Kier molecular flexibility index (Phi) is 6.73. The molecule has 0 aliphatic carbocycles. The minimum Gasteiger partial charge on any atom is -0.497 e. The SMILES string of the molecule is COc1ccc(OC)c(S(=O)(=O)N2CCc3c(c(COCc4ccc(C)cc4)nn3C)C2)c1. The third kappa shape index (κ3) is 4.75. The van der Waals surface area contributed by atoms with E-state index in [2.05, 4.69) is 17.2 Å². The van der Waals surface area contributed by atoms with Gasteiger partial charge in [-0.1, -0.05) is 29.8 Å². The van der Waals surface area contributed by atoms with Crippen LogP contribution in [0.5, 0.6) is 11.5 Å². The van der Waals surface area contributed by atoms with Crippen molar-refractivity contribution in [3.05, 3.63) is 70.5 Å². The van der Waals surface area contributed by atoms with Gasteiger partial charge < -0.3 is 14.2 Å². The Hall–Kier alpha value is -2.88. The van der Waals surface area contributed by atoms with Crippen LogP contribution in [0.1, 0.15) is 28.1 Å². The van der Waals surface area contributed by atoms with Crippen LogP contribution in [0.3, 0.4) is 0 Å². The lowest BCUT2D eigenvalue weighted by molar-refractivity contribution is 0.103. The predicted molar refractivity (Wildman–Crippen MR) is 124 cm³/mol. The van der Waals surface area contributed by atoms with E-state index in [0.29, 0.717) is 31.9 Å². The summed E-state index contributed by atoms with van der Waals surface area (Å²) in [4.78, 5) is 0.0915. The molecule has 0 bridgehead atoms. The Morgan fingerprint density at radius 2 is 1.79 bits per heavy atom. The van der Waals surface area contributed by atoms with Crippen LogP contribution in [-0.4, -0.2) is 43.3 Å². The molecule has 0 saturated carbocycles. The maximum atomic E-state index is 13.5. The van der Waals surface area contributed by atoms with Gasteiger partial charge in [0.15, 0.2) is 0 Å². The van der Waals surface area contributed by atoms with E-state index in [1.54, 1.807) is 12.1 Å². The van der Waals surface area contributed by atoms with E-state index in [0.717, 1.165) is 22.5 Å². The van der Waals surface area contributed by atoms with Gasteiger partial charge in [-0.05, 0) is 24.6 Å². The molecule has 1 aromatic heterocycles. The molecule has 0 radical (unpaired) electrons. The number of nitrogens with zero attached hydrogens (tertiary/aromatic N) is 3. The largest absolute Gasteiger partial charge is 0.497 e. The highest BCUT2D eigenvalue weighted by Gasteiger charge is 2.34. The highest BCUT2D eigenvalue weighted by molar-refractivity contribution is 7.89. The van der Waals surface area contributed by atoms with Crippen LogP contribution in [0.4, 0.5) is 0 Å². The molecule has 0 amide bonds. The standard InChI is InChI=1S/C24H29N3O5S/c1-17-5-7-18(8-6-17)15-32-16-21-20-14-27(12-11-22(20)26(2)25-21)33(28,29)24-13-19(30-3)9-10-23(24)31-4/h5-10,13H,11-12,14-16H2,1-4H3. The number of ether oxygens (including phenoxy) is 3. The van der Waals surface area contributed by atoms with Crippen LogP contribution >= 0.6 is 0 Å². The number of aromatic nitrogens is 2. The van der Waals surface area contributed by atoms with Crippen molar-refractivity contribution in [2.75, 3.05) is 20.8 Å². The number of fused-ring (bicyclic) bond motifs is 1. The zero-order valence-corrected chi connectivity index (χ0v) is 20.2. The van der Waals surface area contributed by atoms with Crippen molar-refractivity contribution in [3.63, 3.8) is 0 Å². The number of hydrogen-bond donors (Lipinski definition) is 0. The van der Waals surface area contributed by atoms with Crippen molar-refractivity contribution in [1.29, 1.82) is 0 Å². The average molecular weight is 472 g/mol. The average Bonchev–Trinajstić information content (AvgIpc) is 3.14. The summed E-state index contributed by atoms with van der Waals surface area (Å²) >= 11 is 0. The van der Waals surface area contributed by atoms with E-state index in [4.69, 9.17) is 14.2 Å². The van der Waals surface area contributed by atoms with Crippen molar-refractivity contribution in [3.8, 4) is 11.5 Å². The predicted octanol–water partition coefficient (Wildman–Crippen LogP) is 3.21. The fourth-order valence-electron chi connectivity index (χ4n) is 4.04. The van der Waals surface area contributed by atoms with E-state index < -0.39 is 10.0 Å². The van der Waals surface area contributed by atoms with E-state index >= 15 is 0 Å². The zero-order valence-electron chi connectivity index (χ0n) is 19.4. The van der Waals surface area contributed by atoms with Crippen LogP contribution in [0.25, 0.3) is 0 Å². The molecule has 0 N–H and O–H groups in total. The lowest BCUT2D eigenvalue weighted by Gasteiger charge is -2.27. The highest BCUT2D eigenvalue weighted by Crippen LogP contribution is 2.33. The Morgan fingerprint density at radius 3 is 2.48 bits per heavy atom. The van der Waals surface area contributed by atoms with Gasteiger partial charge in [0, 0.05) is 43.9 Å². The van der Waals surface area contributed by atoms with Crippen molar-refractivity contribution >= 4 is 10.0 Å². The molecule has 4 rings (SSSR count). The van der Waals surface area contributed by atoms with Gasteiger partial charge in [0.2, 0.25) is 10.0 Å². The Labute approximate surface area is 194 Å². The number of hydrogen-bond acceptors (Lipinski definition) is 6. The number of aryl methyl sites for hydroxylation is 2. The van der Waals surface area contributed by atoms with Gasteiger partial charge >= 0.3 is 0 Å². The fourth-order valence-corrected chi connectivity index (χ4v) is 5.62. The lowest BCUT2D eigenvalue weighted by atomic mass is 10.1. The monoisotopic (exact) mass is 471 g/mol. The van der Waals surface area contributed by atoms with Crippen LogP contribution in [-0.2, 0) is 48.0 Å². The molecule has 1 aliphatic rings. The Balaban J connectivity index is 1.55. The molecule has 2 heterocycles. The van der Waals surface area contributed by atoms with Gasteiger partial charge in [0.1, 0.15) is 16.4 Å². The van der Waals surface area contributed by atoms with E-state index in [1.165, 1.54) is 30.2 Å². The highest BCUT2D eigenvalue weighted by atomic mass is 32.2. The number of benzene rings is 2. The second-order valence-corrected chi connectivity index (χ2v) is 9.99. The van der Waals surface area contributed by atoms with Gasteiger partial charge in [0.05, 0.1) is 33.1 Å². The molecule has 1 aliphatic heterocycles. The summed E-state index contributed by atoms with van der Waals surface area (Å²) in [6, 6.07) is 13.0. The second-order valence-electron chi connectivity index (χ2n) is 8.08. The van der Waals surface area contributed by atoms with Crippen LogP contribution in [0.2, 0.25) is 0 Å². The van der Waals surface area contributed by atoms with Gasteiger partial charge in [0.25, 0.3) is 0 Å². The first-order chi connectivity index (χ1) is 15.8. The smallest absolute Gasteiger partial charge is 0.247 e. The van der Waals surface area contributed by atoms with Gasteiger partial charge in [-0.3, -0.25) is 4.68 Å². The van der Waals surface area contributed by atoms with E-state index in [1.807, 2.05) is 30.8 Å². The third-order valence-corrected chi connectivity index (χ3v) is 7.77. The van der Waals surface area contributed by atoms with Crippen LogP contribution in [0.15, 0.2) is 47.4 Å². The summed E-state index contributed by atoms with van der Waals surface area (Å²) in [5, 5.41) is 4.61. The molecule has 0 fully saturated rings. The van der Waals surface area contributed by atoms with Gasteiger partial charge in [-0.15, -0.1) is 0 Å². The number of sulfonamides is 1. The van der Waals surface area contributed by atoms with E-state index in [9.17, 15) is 8.42 Å². The summed E-state index contributed by atoms with van der Waals surface area (Å²) < 4.78 is 46.8. The van der Waals surface area contributed by atoms with Crippen LogP contribution in [0, 0.1) is 6.92 Å². The van der Waals surface area contributed by atoms with Gasteiger partial charge in [-0.25, -0.2) is 8.42 Å². The maximum absolute atomic E-state index is 13.5. The first-order valence-corrected chi connectivity index (χ1v) is 12.2. The molecular weight excluding hydrogens is 442 g/mol. The number of rotatable bonds is 8. The molecule has 9 heteroatoms. The minimum atomic E-state index is -3.80. The molecule has 0 atom stereocenters. The van der Waals surface area contributed by atoms with Crippen molar-refractivity contribution in [2.24, 2.45) is 7.05 Å². The lowest BCUT2D eigenvalue weighted by Crippen LogP contribution is -2.36. The summed E-state index contributed by atoms with van der Waals surface area (Å²) in [6.45, 7) is 3.42. The van der Waals surface area contributed by atoms with Gasteiger partial charge in [-0.2, -0.15) is 9.40 Å². The van der Waals surface area contributed by atoms with Crippen molar-refractivity contribution < 1.29 is 22.6 Å². The maximum Gasteiger partial charge on any atom is 0.247 e. The molecule has 0 unspecified atom stereocenters. The number of methoxy groups -OCH3 is 2. The molecule has 0 saturated heterocycles. The summed E-state index contributed by atoms with van der Waals surface area (Å²) in [5.74, 6) is 0.744. The first-order valence-electron chi connectivity index (χ1n) is 10.7. The molecule has 8 nitrogen and oxygen atoms in total. The normalized spacial score (nSPS) is 14.2. The Bertz CT molecular complexity index is 1240. The molecule has 3 aromatic rings. The minimum absolute atomic E-state index is 0.0915. The zero-order chi connectivity index (χ0) is 23.6. The Morgan fingerprint density at radius 1 is 1.03 bits per heavy atom. The van der Waals surface area contributed by atoms with Crippen LogP contribution < -0.4 is 9.47 Å². The summed E-state index contributed by atoms with van der Waals surface area (Å²) in [7, 11) is 1.04. The summed E-state index contributed by atoms with van der Waals surface area (Å²) in [5.41, 5.74) is 4.98. The second kappa shape index (κ2) is 9.54.